The summed E-state index contributed by atoms with van der Waals surface area (Å²) in [5.74, 6) is -1.33. The minimum Gasteiger partial charge on any atom is -0.348 e. The number of hydrogen-bond donors (Lipinski definition) is 1. The molecule has 2 heterocycles. The molecule has 138 valence electrons. The highest BCUT2D eigenvalue weighted by Gasteiger charge is 2.43. The van der Waals surface area contributed by atoms with Crippen LogP contribution in [-0.2, 0) is 37.4 Å². The van der Waals surface area contributed by atoms with Gasteiger partial charge in [-0.15, -0.1) is 0 Å². The van der Waals surface area contributed by atoms with Crippen LogP contribution in [0.5, 0.6) is 0 Å². The molecule has 3 rings (SSSR count). The van der Waals surface area contributed by atoms with Crippen molar-refractivity contribution in [2.24, 2.45) is 0 Å². The summed E-state index contributed by atoms with van der Waals surface area (Å²) in [6, 6.07) is 6.47. The first-order chi connectivity index (χ1) is 11.7. The van der Waals surface area contributed by atoms with Gasteiger partial charge in [-0.1, -0.05) is 24.3 Å². The van der Waals surface area contributed by atoms with E-state index in [1.807, 2.05) is 24.3 Å². The predicted octanol–water partition coefficient (Wildman–Crippen LogP) is 0.700. The molecule has 1 unspecified atom stereocenters. The number of hydroxylamine groups is 2. The number of carbonyl (C=O) groups is 1. The SMILES string of the molecule is CC1(C)OC[C@@H](C(CS(=O)(=O)N2Cc3ccccc3C2)N(O)C=O)O1. The number of hydrogen-bond acceptors (Lipinski definition) is 6. The van der Waals surface area contributed by atoms with Crippen LogP contribution in [0.3, 0.4) is 0 Å². The van der Waals surface area contributed by atoms with Crippen LogP contribution in [0.4, 0.5) is 0 Å². The van der Waals surface area contributed by atoms with Gasteiger partial charge in [-0.3, -0.25) is 10.0 Å². The van der Waals surface area contributed by atoms with E-state index in [1.54, 1.807) is 13.8 Å². The summed E-state index contributed by atoms with van der Waals surface area (Å²) in [5.41, 5.74) is 1.92. The molecule has 2 aliphatic rings. The summed E-state index contributed by atoms with van der Waals surface area (Å²) in [6.45, 7) is 4.05. The van der Waals surface area contributed by atoms with Gasteiger partial charge in [0, 0.05) is 13.1 Å². The maximum atomic E-state index is 12.8. The fourth-order valence-corrected chi connectivity index (χ4v) is 4.84. The third-order valence-electron chi connectivity index (χ3n) is 4.49. The van der Waals surface area contributed by atoms with Gasteiger partial charge in [0.2, 0.25) is 16.4 Å². The van der Waals surface area contributed by atoms with E-state index in [0.717, 1.165) is 11.1 Å². The lowest BCUT2D eigenvalue weighted by molar-refractivity contribution is -0.182. The molecule has 0 saturated carbocycles. The van der Waals surface area contributed by atoms with Crippen molar-refractivity contribution >= 4 is 16.4 Å². The Morgan fingerprint density at radius 3 is 2.44 bits per heavy atom. The van der Waals surface area contributed by atoms with Gasteiger partial charge in [-0.05, 0) is 25.0 Å². The van der Waals surface area contributed by atoms with E-state index in [9.17, 15) is 18.4 Å². The molecule has 0 radical (unpaired) electrons. The van der Waals surface area contributed by atoms with E-state index < -0.39 is 33.7 Å². The number of carbonyl (C=O) groups excluding carboxylic acids is 1. The molecule has 2 atom stereocenters. The van der Waals surface area contributed by atoms with Crippen LogP contribution in [0.2, 0.25) is 0 Å². The first-order valence-corrected chi connectivity index (χ1v) is 9.62. The van der Waals surface area contributed by atoms with E-state index in [1.165, 1.54) is 4.31 Å². The average Bonchev–Trinajstić information content (AvgIpc) is 3.15. The summed E-state index contributed by atoms with van der Waals surface area (Å²) >= 11 is 0. The van der Waals surface area contributed by atoms with E-state index in [0.29, 0.717) is 5.06 Å². The van der Waals surface area contributed by atoms with E-state index in [2.05, 4.69) is 0 Å². The predicted molar refractivity (Wildman–Crippen MR) is 87.9 cm³/mol. The smallest absolute Gasteiger partial charge is 0.233 e. The molecule has 1 saturated heterocycles. The minimum absolute atomic E-state index is 0.0955. The van der Waals surface area contributed by atoms with Gasteiger partial charge < -0.3 is 9.47 Å². The Bertz CT molecular complexity index is 726. The second-order valence-corrected chi connectivity index (χ2v) is 8.75. The molecule has 1 fully saturated rings. The first-order valence-electron chi connectivity index (χ1n) is 8.01. The average molecular weight is 370 g/mol. The lowest BCUT2D eigenvalue weighted by atomic mass is 10.1. The molecule has 1 aromatic rings. The van der Waals surface area contributed by atoms with Crippen molar-refractivity contribution in [3.63, 3.8) is 0 Å². The van der Waals surface area contributed by atoms with Crippen LogP contribution in [0.1, 0.15) is 25.0 Å². The van der Waals surface area contributed by atoms with Gasteiger partial charge in [-0.2, -0.15) is 4.31 Å². The Labute approximate surface area is 146 Å². The van der Waals surface area contributed by atoms with Crippen molar-refractivity contribution in [1.82, 2.24) is 9.37 Å². The molecule has 0 aliphatic carbocycles. The first kappa shape index (κ1) is 18.3. The summed E-state index contributed by atoms with van der Waals surface area (Å²) in [6.07, 6.45) is -0.543. The summed E-state index contributed by atoms with van der Waals surface area (Å²) in [4.78, 5) is 11.0. The van der Waals surface area contributed by atoms with Gasteiger partial charge >= 0.3 is 0 Å². The molecule has 9 heteroatoms. The van der Waals surface area contributed by atoms with Gasteiger partial charge in [0.25, 0.3) is 0 Å². The number of amides is 1. The van der Waals surface area contributed by atoms with Crippen LogP contribution in [-0.4, -0.2) is 59.7 Å². The monoisotopic (exact) mass is 370 g/mol. The van der Waals surface area contributed by atoms with E-state index in [4.69, 9.17) is 9.47 Å². The van der Waals surface area contributed by atoms with Crippen molar-refractivity contribution in [2.45, 2.75) is 44.9 Å². The molecule has 0 spiro atoms. The van der Waals surface area contributed by atoms with Crippen LogP contribution in [0.15, 0.2) is 24.3 Å². The van der Waals surface area contributed by atoms with E-state index >= 15 is 0 Å². The minimum atomic E-state index is -3.72. The van der Waals surface area contributed by atoms with Crippen LogP contribution in [0, 0.1) is 0 Å². The van der Waals surface area contributed by atoms with Crippen LogP contribution >= 0.6 is 0 Å². The Morgan fingerprint density at radius 2 is 1.96 bits per heavy atom. The van der Waals surface area contributed by atoms with Gasteiger partial charge in [0.1, 0.15) is 12.1 Å². The Morgan fingerprint density at radius 1 is 1.36 bits per heavy atom. The standard InChI is InChI=1S/C16H22N2O6S/c1-16(2)23-9-15(24-16)14(18(20)11-19)10-25(21,22)17-7-12-5-3-4-6-13(12)8-17/h3-6,11,14-15,20H,7-10H2,1-2H3/t14?,15-/m0/s1. The van der Waals surface area contributed by atoms with Crippen molar-refractivity contribution in [1.29, 1.82) is 0 Å². The highest BCUT2D eigenvalue weighted by Crippen LogP contribution is 2.29. The maximum absolute atomic E-state index is 12.8. The zero-order chi connectivity index (χ0) is 18.2. The second kappa shape index (κ2) is 6.65. The number of fused-ring (bicyclic) bond motifs is 1. The lowest BCUT2D eigenvalue weighted by Crippen LogP contribution is -2.49. The van der Waals surface area contributed by atoms with Crippen molar-refractivity contribution in [2.75, 3.05) is 12.4 Å². The van der Waals surface area contributed by atoms with Gasteiger partial charge in [0.15, 0.2) is 5.79 Å². The zero-order valence-corrected chi connectivity index (χ0v) is 15.0. The molecule has 1 aromatic carbocycles. The zero-order valence-electron chi connectivity index (χ0n) is 14.2. The fourth-order valence-electron chi connectivity index (χ4n) is 3.16. The number of nitrogens with zero attached hydrogens (tertiary/aromatic N) is 2. The summed E-state index contributed by atoms with van der Waals surface area (Å²) in [5, 5.41) is 10.2. The number of benzene rings is 1. The second-order valence-electron chi connectivity index (χ2n) is 6.74. The van der Waals surface area contributed by atoms with Crippen LogP contribution < -0.4 is 0 Å². The normalized spacial score (nSPS) is 24.0. The Kier molecular flexibility index (Phi) is 4.86. The molecule has 25 heavy (non-hydrogen) atoms. The van der Waals surface area contributed by atoms with Crippen molar-refractivity contribution < 1.29 is 27.9 Å². The maximum Gasteiger partial charge on any atom is 0.233 e. The quantitative estimate of drug-likeness (QED) is 0.450. The molecule has 1 amide bonds. The van der Waals surface area contributed by atoms with Gasteiger partial charge in [-0.25, -0.2) is 13.5 Å². The molecule has 0 bridgehead atoms. The van der Waals surface area contributed by atoms with Crippen LogP contribution in [0.25, 0.3) is 0 Å². The molecule has 8 nitrogen and oxygen atoms in total. The number of rotatable bonds is 6. The molecular weight excluding hydrogens is 348 g/mol. The molecule has 0 aromatic heterocycles. The molecular formula is C16H22N2O6S. The summed E-state index contributed by atoms with van der Waals surface area (Å²) in [7, 11) is -3.72. The number of sulfonamides is 1. The van der Waals surface area contributed by atoms with Gasteiger partial charge in [0.05, 0.1) is 12.4 Å². The third-order valence-corrected chi connectivity index (χ3v) is 6.30. The topological polar surface area (TPSA) is 96.4 Å². The van der Waals surface area contributed by atoms with Crippen molar-refractivity contribution in [3.8, 4) is 0 Å². The van der Waals surface area contributed by atoms with E-state index in [-0.39, 0.29) is 26.1 Å². The highest BCUT2D eigenvalue weighted by molar-refractivity contribution is 7.89. The molecule has 1 N–H and O–H groups in total. The fraction of sp³-hybridized carbons (Fsp3) is 0.562. The largest absolute Gasteiger partial charge is 0.348 e. The number of ether oxygens (including phenoxy) is 2. The highest BCUT2D eigenvalue weighted by atomic mass is 32.2. The molecule has 2 aliphatic heterocycles. The summed E-state index contributed by atoms with van der Waals surface area (Å²) < 4.78 is 38.1. The Balaban J connectivity index is 1.76. The third kappa shape index (κ3) is 3.85. The lowest BCUT2D eigenvalue weighted by Gasteiger charge is -2.29. The van der Waals surface area contributed by atoms with Crippen molar-refractivity contribution in [3.05, 3.63) is 35.4 Å². The Hall–Kier alpha value is -1.52.